The van der Waals surface area contributed by atoms with Crippen molar-refractivity contribution in [3.8, 4) is 0 Å². The lowest BCUT2D eigenvalue weighted by Gasteiger charge is -2.34. The Morgan fingerprint density at radius 1 is 0.531 bits per heavy atom. The van der Waals surface area contributed by atoms with Gasteiger partial charge in [-0.05, 0) is 101 Å². The van der Waals surface area contributed by atoms with Gasteiger partial charge in [0.15, 0.2) is 0 Å². The van der Waals surface area contributed by atoms with Gasteiger partial charge in [-0.1, -0.05) is 20.8 Å². The zero-order valence-electron chi connectivity index (χ0n) is 50.7. The number of carbonyl (C=O) groups excluding carboxylic acids is 8. The molecular weight excluding hydrogens is 1060 g/mol. The van der Waals surface area contributed by atoms with Crippen LogP contribution in [0.3, 0.4) is 0 Å². The van der Waals surface area contributed by atoms with Crippen LogP contribution in [0.15, 0.2) is 0 Å². The van der Waals surface area contributed by atoms with Crippen LogP contribution >= 0.6 is 0 Å². The molecule has 1 aliphatic heterocycles. The van der Waals surface area contributed by atoms with Gasteiger partial charge in [0.1, 0.15) is 58.0 Å². The molecule has 0 bridgehead atoms. The second-order valence-electron chi connectivity index (χ2n) is 22.9. The van der Waals surface area contributed by atoms with E-state index in [1.54, 1.807) is 67.2 Å². The van der Waals surface area contributed by atoms with Gasteiger partial charge in [0.2, 0.25) is 11.8 Å². The summed E-state index contributed by atoms with van der Waals surface area (Å²) >= 11 is 0. The van der Waals surface area contributed by atoms with Gasteiger partial charge in [-0.2, -0.15) is 0 Å². The second kappa shape index (κ2) is 39.8. The molecule has 0 aromatic heterocycles. The monoisotopic (exact) mass is 1170 g/mol. The fourth-order valence-corrected chi connectivity index (χ4v) is 8.20. The van der Waals surface area contributed by atoms with Crippen molar-refractivity contribution in [2.24, 2.45) is 49.7 Å². The summed E-state index contributed by atoms with van der Waals surface area (Å²) in [4.78, 5) is 99.6. The molecule has 0 aliphatic carbocycles. The lowest BCUT2D eigenvalue weighted by atomic mass is 9.72. The zero-order chi connectivity index (χ0) is 62.7. The van der Waals surface area contributed by atoms with Crippen LogP contribution in [-0.4, -0.2) is 215 Å². The summed E-state index contributed by atoms with van der Waals surface area (Å²) in [5.41, 5.74) is 10.7. The number of ether oxygens (including phenoxy) is 7. The van der Waals surface area contributed by atoms with Crippen molar-refractivity contribution in [2.45, 2.75) is 153 Å². The number of hydrogen-bond donors (Lipinski definition) is 10. The number of amides is 2. The normalized spacial score (nSPS) is 16.1. The molecule has 26 heteroatoms. The van der Waals surface area contributed by atoms with Gasteiger partial charge in [-0.15, -0.1) is 0 Å². The Bertz CT molecular complexity index is 1860. The standard InChI is InChI=1S/C25H49N5O8.C15H29NO6.C15H26O6/c1-5-25(4,23(36)37-15-14-31)18-24(2,3)22(35)38-17-19(32)16-30(12-6-20(33)28-10-8-26)13-7-21(34)29-11-9-27;1-5-15(4,13(20)21-7-6-17)10-14(2,3)12(19)22-9-11(18)8-16;1-5-15(4,13(18)19-7-6-16)10-14(2,3)12(17)21-9-11-8-20-11/h19,31-32H,5-18,26-27H2,1-4H3,(H,28,33)(H,29,34);11,17-18H,5-10,16H2,1-4H3;11,16H,5-10H2,1-4H3. The van der Waals surface area contributed by atoms with Crippen LogP contribution < -0.4 is 27.8 Å². The van der Waals surface area contributed by atoms with E-state index < -0.39 is 74.5 Å². The Hall–Kier alpha value is -4.64. The van der Waals surface area contributed by atoms with E-state index in [-0.39, 0.29) is 135 Å². The van der Waals surface area contributed by atoms with E-state index in [0.29, 0.717) is 58.5 Å². The number of epoxide rings is 1. The summed E-state index contributed by atoms with van der Waals surface area (Å²) < 4.78 is 35.8. The fraction of sp³-hybridized carbons (Fsp3) is 0.855. The molecule has 0 spiro atoms. The Kier molecular flexibility index (Phi) is 38.5. The summed E-state index contributed by atoms with van der Waals surface area (Å²) in [7, 11) is 0. The molecule has 474 valence electrons. The third-order valence-corrected chi connectivity index (χ3v) is 13.5. The van der Waals surface area contributed by atoms with Gasteiger partial charge in [0.25, 0.3) is 0 Å². The number of esters is 6. The van der Waals surface area contributed by atoms with Gasteiger partial charge in [0.05, 0.1) is 58.9 Å². The molecule has 13 N–H and O–H groups in total. The maximum absolute atomic E-state index is 12.9. The summed E-state index contributed by atoms with van der Waals surface area (Å²) in [6.07, 6.45) is 0.506. The molecule has 0 saturated carbocycles. The summed E-state index contributed by atoms with van der Waals surface area (Å²) in [5, 5.41) is 51.6. The van der Waals surface area contributed by atoms with E-state index in [1.165, 1.54) is 0 Å². The molecule has 1 heterocycles. The van der Waals surface area contributed by atoms with E-state index in [4.69, 9.17) is 65.7 Å². The van der Waals surface area contributed by atoms with Gasteiger partial charge >= 0.3 is 35.8 Å². The average molecular weight is 1170 g/mol. The highest BCUT2D eigenvalue weighted by atomic mass is 16.6. The highest BCUT2D eigenvalue weighted by molar-refractivity contribution is 5.82. The predicted octanol–water partition coefficient (Wildman–Crippen LogP) is 0.00440. The predicted molar refractivity (Wildman–Crippen MR) is 298 cm³/mol. The number of rotatable bonds is 40. The molecule has 1 fully saturated rings. The summed E-state index contributed by atoms with van der Waals surface area (Å²) in [6.45, 7) is 22.3. The molecular formula is C55H104N6O20. The maximum atomic E-state index is 12.9. The van der Waals surface area contributed by atoms with Gasteiger partial charge in [-0.25, -0.2) is 0 Å². The van der Waals surface area contributed by atoms with Crippen LogP contribution in [0.1, 0.15) is 134 Å². The topological polar surface area (TPSA) is 411 Å². The van der Waals surface area contributed by atoms with Crippen LogP contribution in [-0.2, 0) is 71.5 Å². The Morgan fingerprint density at radius 3 is 1.14 bits per heavy atom. The highest BCUT2D eigenvalue weighted by Gasteiger charge is 2.46. The minimum Gasteiger partial charge on any atom is -0.463 e. The second-order valence-corrected chi connectivity index (χ2v) is 22.9. The van der Waals surface area contributed by atoms with Crippen molar-refractivity contribution < 1.29 is 97.0 Å². The van der Waals surface area contributed by atoms with Crippen molar-refractivity contribution >= 4 is 47.6 Å². The molecule has 2 amide bonds. The van der Waals surface area contributed by atoms with E-state index in [9.17, 15) is 48.6 Å². The first-order chi connectivity index (χ1) is 37.7. The summed E-state index contributed by atoms with van der Waals surface area (Å²) in [6, 6.07) is 0. The van der Waals surface area contributed by atoms with E-state index in [2.05, 4.69) is 10.6 Å². The SMILES string of the molecule is CCC(C)(CC(C)(C)C(=O)OCC(O)CN(CCC(=O)NCCN)CCC(=O)NCCN)C(=O)OCCO.CCC(C)(CC(C)(C)C(=O)OCC(O)CN)C(=O)OCCO.CCC(C)(CC(C)(C)C(=O)OCC1CO1)C(=O)OCCO. The lowest BCUT2D eigenvalue weighted by Crippen LogP contribution is -2.42. The number of nitrogens with two attached hydrogens (primary N) is 3. The van der Waals surface area contributed by atoms with E-state index in [0.717, 1.165) is 0 Å². The Labute approximate surface area is 479 Å². The molecule has 6 atom stereocenters. The van der Waals surface area contributed by atoms with Crippen molar-refractivity contribution in [1.82, 2.24) is 15.5 Å². The quantitative estimate of drug-likeness (QED) is 0.0219. The van der Waals surface area contributed by atoms with Crippen LogP contribution in [0.25, 0.3) is 0 Å². The number of nitrogens with one attached hydrogen (secondary N) is 2. The van der Waals surface area contributed by atoms with Crippen LogP contribution in [0.4, 0.5) is 0 Å². The highest BCUT2D eigenvalue weighted by Crippen LogP contribution is 2.41. The van der Waals surface area contributed by atoms with Crippen molar-refractivity contribution in [2.75, 3.05) is 118 Å². The van der Waals surface area contributed by atoms with Gasteiger partial charge < -0.3 is 86.5 Å². The van der Waals surface area contributed by atoms with E-state index >= 15 is 0 Å². The first-order valence-electron chi connectivity index (χ1n) is 27.9. The zero-order valence-corrected chi connectivity index (χ0v) is 50.7. The number of carbonyl (C=O) groups is 8. The van der Waals surface area contributed by atoms with Crippen LogP contribution in [0, 0.1) is 32.5 Å². The lowest BCUT2D eigenvalue weighted by molar-refractivity contribution is -0.166. The molecule has 6 unspecified atom stereocenters. The molecule has 26 nitrogen and oxygen atoms in total. The maximum Gasteiger partial charge on any atom is 0.311 e. The number of aliphatic hydroxyl groups is 5. The molecule has 1 aliphatic rings. The largest absolute Gasteiger partial charge is 0.463 e. The van der Waals surface area contributed by atoms with Crippen molar-refractivity contribution in [1.29, 1.82) is 0 Å². The number of hydrogen-bond acceptors (Lipinski definition) is 24. The smallest absolute Gasteiger partial charge is 0.311 e. The number of aliphatic hydroxyl groups excluding tert-OH is 5. The summed E-state index contributed by atoms with van der Waals surface area (Å²) in [5.74, 6) is -3.18. The van der Waals surface area contributed by atoms with E-state index in [1.807, 2.05) is 20.8 Å². The minimum absolute atomic E-state index is 0.00781. The molecule has 81 heavy (non-hydrogen) atoms. The molecule has 0 aromatic rings. The molecule has 1 saturated heterocycles. The first kappa shape index (κ1) is 78.4. The third kappa shape index (κ3) is 32.1. The van der Waals surface area contributed by atoms with Crippen molar-refractivity contribution in [3.63, 3.8) is 0 Å². The van der Waals surface area contributed by atoms with Gasteiger partial charge in [-0.3, -0.25) is 43.3 Å². The van der Waals surface area contributed by atoms with Gasteiger partial charge in [0, 0.05) is 65.2 Å². The molecule has 0 aromatic carbocycles. The first-order valence-corrected chi connectivity index (χ1v) is 27.9. The molecule has 0 radical (unpaired) electrons. The molecule has 1 rings (SSSR count). The minimum atomic E-state index is -1.07. The Balaban J connectivity index is 0. The van der Waals surface area contributed by atoms with Crippen molar-refractivity contribution in [3.05, 3.63) is 0 Å². The Morgan fingerprint density at radius 2 is 0.852 bits per heavy atom. The third-order valence-electron chi connectivity index (χ3n) is 13.5. The van der Waals surface area contributed by atoms with Crippen LogP contribution in [0.5, 0.6) is 0 Å². The number of nitrogens with zero attached hydrogens (tertiary/aromatic N) is 1. The van der Waals surface area contributed by atoms with Crippen LogP contribution in [0.2, 0.25) is 0 Å². The fourth-order valence-electron chi connectivity index (χ4n) is 8.20. The average Bonchev–Trinajstić information content (AvgIpc) is 4.27.